The number of anilines is 1. The molecule has 0 radical (unpaired) electrons. The van der Waals surface area contributed by atoms with Gasteiger partial charge in [0.05, 0.1) is 11.3 Å². The largest absolute Gasteiger partial charge is 0.300 e. The topological polar surface area (TPSA) is 37.4 Å². The molecule has 4 aromatic rings. The first kappa shape index (κ1) is 18.1. The second-order valence-corrected chi connectivity index (χ2v) is 7.30. The molecular weight excluding hydrogens is 370 g/mol. The lowest BCUT2D eigenvalue weighted by atomic mass is 9.75. The van der Waals surface area contributed by atoms with Gasteiger partial charge in [0.1, 0.15) is 5.54 Å². The lowest BCUT2D eigenvalue weighted by molar-refractivity contribution is -0.115. The maximum Gasteiger partial charge on any atom is 0.300 e. The first-order valence-corrected chi connectivity index (χ1v) is 9.89. The molecule has 1 heterocycles. The fourth-order valence-electron chi connectivity index (χ4n) is 4.45. The van der Waals surface area contributed by atoms with E-state index in [1.165, 1.54) is 0 Å². The Balaban J connectivity index is 1.93. The van der Waals surface area contributed by atoms with Crippen LogP contribution in [0, 0.1) is 0 Å². The summed E-state index contributed by atoms with van der Waals surface area (Å²) in [4.78, 5) is 28.1. The van der Waals surface area contributed by atoms with Crippen molar-refractivity contribution in [2.24, 2.45) is 0 Å². The van der Waals surface area contributed by atoms with E-state index in [1.54, 1.807) is 17.0 Å². The summed E-state index contributed by atoms with van der Waals surface area (Å²) >= 11 is 0. The molecule has 0 saturated heterocycles. The minimum Gasteiger partial charge on any atom is -0.286 e. The minimum absolute atomic E-state index is 0.440. The maximum atomic E-state index is 13.5. The Bertz CT molecular complexity index is 1120. The zero-order valence-corrected chi connectivity index (χ0v) is 16.2. The lowest BCUT2D eigenvalue weighted by Crippen LogP contribution is -2.51. The molecule has 0 spiro atoms. The zero-order chi connectivity index (χ0) is 20.6. The molecule has 3 heteroatoms. The van der Waals surface area contributed by atoms with Crippen molar-refractivity contribution in [3.63, 3.8) is 0 Å². The predicted octanol–water partition coefficient (Wildman–Crippen LogP) is 5.21. The Morgan fingerprint density at radius 1 is 0.500 bits per heavy atom. The van der Waals surface area contributed by atoms with E-state index < -0.39 is 17.2 Å². The van der Waals surface area contributed by atoms with Crippen LogP contribution in [0.4, 0.5) is 5.69 Å². The van der Waals surface area contributed by atoms with Gasteiger partial charge >= 0.3 is 5.91 Å². The van der Waals surface area contributed by atoms with Crippen LogP contribution < -0.4 is 4.90 Å². The molecule has 1 amide bonds. The molecule has 0 unspecified atom stereocenters. The Morgan fingerprint density at radius 2 is 0.900 bits per heavy atom. The molecule has 5 rings (SSSR count). The fraction of sp³-hybridized carbons (Fsp3) is 0.0370. The van der Waals surface area contributed by atoms with Gasteiger partial charge in [0.25, 0.3) is 5.78 Å². The number of hydrogen-bond acceptors (Lipinski definition) is 2. The second kappa shape index (κ2) is 7.12. The summed E-state index contributed by atoms with van der Waals surface area (Å²) in [5.74, 6) is -0.995. The van der Waals surface area contributed by atoms with Crippen LogP contribution in [-0.4, -0.2) is 11.7 Å². The quantitative estimate of drug-likeness (QED) is 0.355. The van der Waals surface area contributed by atoms with E-state index in [2.05, 4.69) is 0 Å². The molecule has 0 atom stereocenters. The lowest BCUT2D eigenvalue weighted by Gasteiger charge is -2.43. The van der Waals surface area contributed by atoms with Crippen molar-refractivity contribution in [3.8, 4) is 0 Å². The number of carbonyl (C=O) groups excluding carboxylic acids is 2. The number of fused-ring (bicyclic) bond motifs is 1. The summed E-state index contributed by atoms with van der Waals surface area (Å²) < 4.78 is 0. The van der Waals surface area contributed by atoms with E-state index in [1.807, 2.05) is 103 Å². The fourth-order valence-corrected chi connectivity index (χ4v) is 4.45. The second-order valence-electron chi connectivity index (χ2n) is 7.30. The third kappa shape index (κ3) is 2.52. The summed E-state index contributed by atoms with van der Waals surface area (Å²) in [6.45, 7) is 0. The number of nitrogens with zero attached hydrogens (tertiary/aromatic N) is 1. The van der Waals surface area contributed by atoms with Crippen molar-refractivity contribution in [3.05, 3.63) is 138 Å². The molecule has 1 aliphatic rings. The van der Waals surface area contributed by atoms with Gasteiger partial charge in [-0.3, -0.25) is 14.5 Å². The number of amides is 1. The molecule has 0 aliphatic carbocycles. The number of ketones is 1. The number of para-hydroxylation sites is 1. The third-order valence-corrected chi connectivity index (χ3v) is 5.70. The van der Waals surface area contributed by atoms with Crippen LogP contribution in [-0.2, 0) is 10.3 Å². The molecule has 30 heavy (non-hydrogen) atoms. The van der Waals surface area contributed by atoms with Crippen LogP contribution in [0.1, 0.15) is 27.0 Å². The normalized spacial score (nSPS) is 13.4. The van der Waals surface area contributed by atoms with Crippen LogP contribution in [0.3, 0.4) is 0 Å². The Morgan fingerprint density at radius 3 is 1.37 bits per heavy atom. The SMILES string of the molecule is O=C1C(=O)N(C(c2ccccc2)(c2ccccc2)c2ccccc2)c2ccccc21. The highest BCUT2D eigenvalue weighted by atomic mass is 16.2. The van der Waals surface area contributed by atoms with Crippen LogP contribution in [0.15, 0.2) is 115 Å². The van der Waals surface area contributed by atoms with Crippen molar-refractivity contribution in [2.75, 3.05) is 4.90 Å². The summed E-state index contributed by atoms with van der Waals surface area (Å²) in [6, 6.07) is 36.9. The van der Waals surface area contributed by atoms with Gasteiger partial charge in [-0.15, -0.1) is 0 Å². The van der Waals surface area contributed by atoms with Crippen molar-refractivity contribution < 1.29 is 9.59 Å². The van der Waals surface area contributed by atoms with E-state index >= 15 is 0 Å². The molecule has 144 valence electrons. The standard InChI is InChI=1S/C27H19NO2/c29-25-23-18-10-11-19-24(23)28(26(25)30)27(20-12-4-1-5-13-20,21-14-6-2-7-15-21)22-16-8-3-9-17-22/h1-19H. The molecule has 0 saturated carbocycles. The summed E-state index contributed by atoms with van der Waals surface area (Å²) in [5.41, 5.74) is 2.84. The third-order valence-electron chi connectivity index (χ3n) is 5.70. The zero-order valence-electron chi connectivity index (χ0n) is 16.2. The van der Waals surface area contributed by atoms with E-state index in [4.69, 9.17) is 0 Å². The summed E-state index contributed by atoms with van der Waals surface area (Å²) in [7, 11) is 0. The average Bonchev–Trinajstić information content (AvgIpc) is 3.08. The van der Waals surface area contributed by atoms with Crippen molar-refractivity contribution in [2.45, 2.75) is 5.54 Å². The van der Waals surface area contributed by atoms with Gasteiger partial charge in [0, 0.05) is 0 Å². The van der Waals surface area contributed by atoms with Crippen LogP contribution in [0.25, 0.3) is 0 Å². The van der Waals surface area contributed by atoms with Crippen molar-refractivity contribution in [1.29, 1.82) is 0 Å². The predicted molar refractivity (Wildman–Crippen MR) is 117 cm³/mol. The molecule has 0 aromatic heterocycles. The number of hydrogen-bond donors (Lipinski definition) is 0. The highest BCUT2D eigenvalue weighted by Gasteiger charge is 2.51. The smallest absolute Gasteiger partial charge is 0.286 e. The number of benzene rings is 4. The Hall–Kier alpha value is -3.98. The van der Waals surface area contributed by atoms with Crippen molar-refractivity contribution >= 4 is 17.4 Å². The van der Waals surface area contributed by atoms with E-state index in [-0.39, 0.29) is 0 Å². The number of Topliss-reactive ketones (excluding diaryl/α,β-unsaturated/α-hetero) is 1. The highest BCUT2D eigenvalue weighted by Crippen LogP contribution is 2.48. The molecule has 0 bridgehead atoms. The van der Waals surface area contributed by atoms with Crippen molar-refractivity contribution in [1.82, 2.24) is 0 Å². The van der Waals surface area contributed by atoms with Gasteiger partial charge < -0.3 is 0 Å². The molecular formula is C27H19NO2. The molecule has 3 nitrogen and oxygen atoms in total. The van der Waals surface area contributed by atoms with E-state index in [9.17, 15) is 9.59 Å². The van der Waals surface area contributed by atoms with Gasteiger partial charge in [-0.1, -0.05) is 103 Å². The molecule has 1 aliphatic heterocycles. The van der Waals surface area contributed by atoms with Gasteiger partial charge in [0.15, 0.2) is 0 Å². The minimum atomic E-state index is -0.983. The first-order chi connectivity index (χ1) is 14.7. The Kier molecular flexibility index (Phi) is 4.29. The van der Waals surface area contributed by atoms with Crippen LogP contribution in [0.5, 0.6) is 0 Å². The van der Waals surface area contributed by atoms with Gasteiger partial charge in [-0.25, -0.2) is 0 Å². The summed E-state index contributed by atoms with van der Waals surface area (Å²) in [6.07, 6.45) is 0. The van der Waals surface area contributed by atoms with E-state index in [0.29, 0.717) is 11.3 Å². The van der Waals surface area contributed by atoms with E-state index in [0.717, 1.165) is 16.7 Å². The van der Waals surface area contributed by atoms with Crippen LogP contribution >= 0.6 is 0 Å². The van der Waals surface area contributed by atoms with Gasteiger partial charge in [-0.2, -0.15) is 0 Å². The Labute approximate surface area is 175 Å². The number of rotatable bonds is 4. The molecule has 0 N–H and O–H groups in total. The maximum absolute atomic E-state index is 13.5. The average molecular weight is 389 g/mol. The molecule has 0 fully saturated rings. The van der Waals surface area contributed by atoms with Crippen LogP contribution in [0.2, 0.25) is 0 Å². The van der Waals surface area contributed by atoms with Gasteiger partial charge in [-0.05, 0) is 28.8 Å². The molecule has 4 aromatic carbocycles. The highest BCUT2D eigenvalue weighted by molar-refractivity contribution is 6.52. The first-order valence-electron chi connectivity index (χ1n) is 9.89. The number of carbonyl (C=O) groups is 2. The van der Waals surface area contributed by atoms with Gasteiger partial charge in [0.2, 0.25) is 0 Å². The monoisotopic (exact) mass is 389 g/mol. The summed E-state index contributed by atoms with van der Waals surface area (Å²) in [5, 5.41) is 0.